The molecule has 0 amide bonds. The summed E-state index contributed by atoms with van der Waals surface area (Å²) in [7, 11) is -3.00. The minimum atomic E-state index is -4.53. The first-order valence-electron chi connectivity index (χ1n) is 14.2. The normalized spacial score (nSPS) is 11.1. The van der Waals surface area contributed by atoms with E-state index < -0.39 is 26.6 Å². The maximum absolute atomic E-state index is 15.7. The van der Waals surface area contributed by atoms with Crippen LogP contribution in [0.4, 0.5) is 13.9 Å². The van der Waals surface area contributed by atoms with Crippen molar-refractivity contribution in [1.29, 1.82) is 0 Å². The zero-order valence-corrected chi connectivity index (χ0v) is 28.8. The number of anilines is 1. The van der Waals surface area contributed by atoms with Gasteiger partial charge in [-0.2, -0.15) is 0 Å². The summed E-state index contributed by atoms with van der Waals surface area (Å²) in [6.45, 7) is 7.53. The third-order valence-electron chi connectivity index (χ3n) is 6.90. The number of ether oxygens (including phenoxy) is 2. The molecule has 242 valence electrons. The second-order valence-electron chi connectivity index (χ2n) is 9.61. The number of hydrogen-bond donors (Lipinski definition) is 0. The van der Waals surface area contributed by atoms with Gasteiger partial charge in [0.05, 0.1) is 18.7 Å². The first-order valence-corrected chi connectivity index (χ1v) is 17.3. The first-order chi connectivity index (χ1) is 22.0. The van der Waals surface area contributed by atoms with Crippen molar-refractivity contribution in [2.24, 2.45) is 0 Å². The molecule has 0 aliphatic heterocycles. The Morgan fingerprint density at radius 2 is 1.63 bits per heavy atom. The summed E-state index contributed by atoms with van der Waals surface area (Å²) < 4.78 is 70.4. The van der Waals surface area contributed by atoms with E-state index in [-0.39, 0.29) is 33.8 Å². The molecule has 0 N–H and O–H groups in total. The fourth-order valence-corrected chi connectivity index (χ4v) is 7.34. The molecule has 0 unspecified atom stereocenters. The smallest absolute Gasteiger partial charge is 0.269 e. The van der Waals surface area contributed by atoms with E-state index in [2.05, 4.69) is 10.2 Å². The molecule has 7 nitrogen and oxygen atoms in total. The summed E-state index contributed by atoms with van der Waals surface area (Å²) in [5.41, 5.74) is 4.08. The van der Waals surface area contributed by atoms with Crippen LogP contribution in [0.1, 0.15) is 37.5 Å². The number of sulfonamides is 1. The molecule has 5 rings (SSSR count). The number of nitrogens with zero attached hydrogens (tertiary/aromatic N) is 3. The van der Waals surface area contributed by atoms with E-state index in [1.807, 2.05) is 27.7 Å². The van der Waals surface area contributed by atoms with Gasteiger partial charge >= 0.3 is 0 Å². The maximum atomic E-state index is 15.7. The molecule has 0 radical (unpaired) electrons. The molecule has 13 heteroatoms. The van der Waals surface area contributed by atoms with Crippen LogP contribution in [-0.4, -0.2) is 25.7 Å². The predicted octanol–water partition coefficient (Wildman–Crippen LogP) is 9.88. The number of benzene rings is 4. The highest BCUT2D eigenvalue weighted by Crippen LogP contribution is 2.41. The van der Waals surface area contributed by atoms with E-state index in [4.69, 9.17) is 32.7 Å². The Bertz CT molecular complexity index is 1940. The van der Waals surface area contributed by atoms with Gasteiger partial charge in [0.1, 0.15) is 39.3 Å². The van der Waals surface area contributed by atoms with Gasteiger partial charge in [-0.25, -0.2) is 21.5 Å². The lowest BCUT2D eigenvalue weighted by Gasteiger charge is -2.23. The van der Waals surface area contributed by atoms with Crippen LogP contribution >= 0.6 is 34.5 Å². The third kappa shape index (κ3) is 7.44. The molecular weight excluding hydrogens is 675 g/mol. The monoisotopic (exact) mass is 705 g/mol. The average Bonchev–Trinajstić information content (AvgIpc) is 3.58. The van der Waals surface area contributed by atoms with E-state index in [0.717, 1.165) is 33.3 Å². The van der Waals surface area contributed by atoms with Crippen LogP contribution in [0.25, 0.3) is 11.1 Å². The molecular formula is C33H31Cl2F2N3O4S2. The van der Waals surface area contributed by atoms with Gasteiger partial charge in [-0.05, 0) is 66.4 Å². The summed E-state index contributed by atoms with van der Waals surface area (Å²) in [6, 6.07) is 16.4. The first kappa shape index (κ1) is 35.1. The molecule has 46 heavy (non-hydrogen) atoms. The van der Waals surface area contributed by atoms with Crippen LogP contribution in [0.2, 0.25) is 10.0 Å². The number of aromatic nitrogens is 2. The van der Waals surface area contributed by atoms with Crippen molar-refractivity contribution in [3.8, 4) is 28.4 Å². The SMILES string of the molecule is CC.CCc1cc(Cl)c(-c2ccccc2F)cc1Oc1cc(F)c(S(=O)(=O)N(Cc2ccc(OC)cc2C)c2nncs2)cc1Cl. The Balaban J connectivity index is 0.00000235. The standard InChI is InChI=1S/C31H25Cl2F2N3O4S2.C2H6/c1-4-19-12-24(32)23(22-7-5-6-8-26(22)34)13-28(19)42-29-15-27(35)30(14-25(29)33)44(39,40)38(31-37-36-17-43-31)16-20-9-10-21(41-3)11-18(20)2;1-2/h5-15,17H,4,16H2,1-3H3;1-2H3. The fraction of sp³-hybridized carbons (Fsp3) is 0.212. The Morgan fingerprint density at radius 1 is 0.891 bits per heavy atom. The lowest BCUT2D eigenvalue weighted by Crippen LogP contribution is -2.31. The van der Waals surface area contributed by atoms with Gasteiger partial charge < -0.3 is 9.47 Å². The second kappa shape index (κ2) is 15.2. The van der Waals surface area contributed by atoms with Crippen molar-refractivity contribution in [2.75, 3.05) is 11.4 Å². The molecule has 0 saturated carbocycles. The number of hydrogen-bond acceptors (Lipinski definition) is 7. The summed E-state index contributed by atoms with van der Waals surface area (Å²) in [5, 5.41) is 7.90. The Morgan fingerprint density at radius 3 is 2.26 bits per heavy atom. The van der Waals surface area contributed by atoms with Crippen LogP contribution in [0, 0.1) is 18.6 Å². The average molecular weight is 707 g/mol. The van der Waals surface area contributed by atoms with Gasteiger partial charge in [-0.15, -0.1) is 10.2 Å². The van der Waals surface area contributed by atoms with Crippen molar-refractivity contribution >= 4 is 49.7 Å². The molecule has 4 aromatic carbocycles. The van der Waals surface area contributed by atoms with E-state index in [1.165, 1.54) is 18.7 Å². The van der Waals surface area contributed by atoms with Gasteiger partial charge in [-0.1, -0.05) is 79.6 Å². The zero-order valence-electron chi connectivity index (χ0n) is 25.6. The summed E-state index contributed by atoms with van der Waals surface area (Å²) >= 11 is 14.0. The molecule has 0 spiro atoms. The Hall–Kier alpha value is -3.77. The van der Waals surface area contributed by atoms with Crippen LogP contribution in [0.15, 0.2) is 77.1 Å². The molecule has 0 saturated heterocycles. The zero-order chi connectivity index (χ0) is 33.6. The van der Waals surface area contributed by atoms with Crippen molar-refractivity contribution in [3.05, 3.63) is 111 Å². The fourth-order valence-electron chi connectivity index (χ4n) is 4.53. The summed E-state index contributed by atoms with van der Waals surface area (Å²) in [6.07, 6.45) is 0.487. The molecule has 5 aromatic rings. The summed E-state index contributed by atoms with van der Waals surface area (Å²) in [5.74, 6) is -0.830. The molecule has 0 fully saturated rings. The van der Waals surface area contributed by atoms with Crippen molar-refractivity contribution in [3.63, 3.8) is 0 Å². The van der Waals surface area contributed by atoms with Gasteiger partial charge in [0.15, 0.2) is 0 Å². The van der Waals surface area contributed by atoms with Gasteiger partial charge in [0.2, 0.25) is 5.13 Å². The highest BCUT2D eigenvalue weighted by atomic mass is 35.5. The minimum absolute atomic E-state index is 0.0468. The molecule has 0 aliphatic rings. The maximum Gasteiger partial charge on any atom is 0.269 e. The molecule has 1 heterocycles. The van der Waals surface area contributed by atoms with Crippen LogP contribution in [0.5, 0.6) is 17.2 Å². The van der Waals surface area contributed by atoms with Gasteiger partial charge in [0, 0.05) is 22.2 Å². The van der Waals surface area contributed by atoms with E-state index in [9.17, 15) is 12.8 Å². The topological polar surface area (TPSA) is 81.6 Å². The number of halogens is 4. The predicted molar refractivity (Wildman–Crippen MR) is 180 cm³/mol. The molecule has 0 aliphatic carbocycles. The lowest BCUT2D eigenvalue weighted by atomic mass is 10.0. The second-order valence-corrected chi connectivity index (χ2v) is 13.1. The summed E-state index contributed by atoms with van der Waals surface area (Å²) in [4.78, 5) is -0.671. The van der Waals surface area contributed by atoms with Crippen LogP contribution < -0.4 is 13.8 Å². The Kier molecular flexibility index (Phi) is 11.6. The minimum Gasteiger partial charge on any atom is -0.497 e. The van der Waals surface area contributed by atoms with Crippen LogP contribution in [0.3, 0.4) is 0 Å². The Labute approximate surface area is 281 Å². The number of rotatable bonds is 10. The number of aryl methyl sites for hydroxylation is 2. The lowest BCUT2D eigenvalue weighted by molar-refractivity contribution is 0.414. The van der Waals surface area contributed by atoms with Crippen molar-refractivity contribution < 1.29 is 26.7 Å². The van der Waals surface area contributed by atoms with Gasteiger partial charge in [0.25, 0.3) is 10.0 Å². The highest BCUT2D eigenvalue weighted by Gasteiger charge is 2.32. The number of methoxy groups -OCH3 is 1. The van der Waals surface area contributed by atoms with E-state index in [1.54, 1.807) is 48.5 Å². The van der Waals surface area contributed by atoms with E-state index >= 15 is 4.39 Å². The third-order valence-corrected chi connectivity index (χ3v) is 10.1. The highest BCUT2D eigenvalue weighted by molar-refractivity contribution is 7.93. The molecule has 1 aromatic heterocycles. The largest absolute Gasteiger partial charge is 0.497 e. The van der Waals surface area contributed by atoms with Crippen LogP contribution in [-0.2, 0) is 23.0 Å². The quantitative estimate of drug-likeness (QED) is 0.144. The van der Waals surface area contributed by atoms with Crippen molar-refractivity contribution in [2.45, 2.75) is 45.6 Å². The van der Waals surface area contributed by atoms with Gasteiger partial charge in [-0.3, -0.25) is 0 Å². The van der Waals surface area contributed by atoms with E-state index in [0.29, 0.717) is 33.9 Å². The van der Waals surface area contributed by atoms with Crippen molar-refractivity contribution in [1.82, 2.24) is 10.2 Å². The molecule has 0 atom stereocenters. The molecule has 0 bridgehead atoms.